The van der Waals surface area contributed by atoms with Gasteiger partial charge in [0.1, 0.15) is 0 Å². The molecule has 1 aromatic carbocycles. The van der Waals surface area contributed by atoms with Crippen molar-refractivity contribution in [3.8, 4) is 0 Å². The molecule has 3 nitrogen and oxygen atoms in total. The molecule has 2 aliphatic carbocycles. The number of hydrogen-bond donors (Lipinski definition) is 1. The molecule has 0 amide bonds. The number of benzene rings is 1. The van der Waals surface area contributed by atoms with Gasteiger partial charge in [0.05, 0.1) is 5.56 Å². The van der Waals surface area contributed by atoms with Crippen molar-refractivity contribution >= 4 is 11.6 Å². The van der Waals surface area contributed by atoms with Gasteiger partial charge in [0.2, 0.25) is 0 Å². The number of rotatable bonds is 1. The molecule has 0 saturated heterocycles. The minimum absolute atomic E-state index is 0.0390. The van der Waals surface area contributed by atoms with Gasteiger partial charge in [0.25, 0.3) is 0 Å². The van der Waals surface area contributed by atoms with E-state index in [1.807, 2.05) is 27.7 Å². The number of nitrogens with one attached hydrogen (secondary N) is 1. The lowest BCUT2D eigenvalue weighted by atomic mass is 9.64. The molecule has 1 aromatic rings. The van der Waals surface area contributed by atoms with E-state index in [0.29, 0.717) is 42.4 Å². The Balaban J connectivity index is 1.87. The van der Waals surface area contributed by atoms with E-state index in [2.05, 4.69) is 5.32 Å². The monoisotopic (exact) mass is 417 g/mol. The highest BCUT2D eigenvalue weighted by molar-refractivity contribution is 6.06. The number of alkyl halides is 3. The van der Waals surface area contributed by atoms with Crippen molar-refractivity contribution in [3.05, 3.63) is 57.9 Å². The first kappa shape index (κ1) is 20.9. The third-order valence-corrected chi connectivity index (χ3v) is 6.29. The average Bonchev–Trinajstić information content (AvgIpc) is 2.57. The van der Waals surface area contributed by atoms with E-state index in [0.717, 1.165) is 23.5 Å². The number of carbonyl (C=O) groups excluding carboxylic acids is 2. The van der Waals surface area contributed by atoms with Crippen molar-refractivity contribution in [3.63, 3.8) is 0 Å². The van der Waals surface area contributed by atoms with E-state index in [-0.39, 0.29) is 22.4 Å². The summed E-state index contributed by atoms with van der Waals surface area (Å²) in [5.74, 6) is -0.684. The van der Waals surface area contributed by atoms with E-state index in [1.165, 1.54) is 12.1 Å². The second kappa shape index (κ2) is 6.56. The summed E-state index contributed by atoms with van der Waals surface area (Å²) in [6.45, 7) is 8.12. The molecule has 1 heterocycles. The van der Waals surface area contributed by atoms with E-state index < -0.39 is 17.7 Å². The summed E-state index contributed by atoms with van der Waals surface area (Å²) >= 11 is 0. The fraction of sp³-hybridized carbons (Fsp3) is 0.500. The first-order valence-corrected chi connectivity index (χ1v) is 10.2. The highest BCUT2D eigenvalue weighted by atomic mass is 19.4. The van der Waals surface area contributed by atoms with Crippen molar-refractivity contribution in [2.45, 2.75) is 65.5 Å². The second-order valence-corrected chi connectivity index (χ2v) is 10.3. The number of Topliss-reactive ketones (excluding diaryl/α,β-unsaturated/α-hetero) is 2. The number of ketones is 2. The number of allylic oxidation sites excluding steroid dienone is 4. The fourth-order valence-electron chi connectivity index (χ4n) is 5.09. The summed E-state index contributed by atoms with van der Waals surface area (Å²) in [7, 11) is 0. The maximum absolute atomic E-state index is 13.2. The molecule has 0 unspecified atom stereocenters. The van der Waals surface area contributed by atoms with Crippen molar-refractivity contribution < 1.29 is 22.8 Å². The maximum Gasteiger partial charge on any atom is 0.416 e. The van der Waals surface area contributed by atoms with Crippen LogP contribution >= 0.6 is 0 Å². The normalized spacial score (nSPS) is 23.8. The minimum Gasteiger partial charge on any atom is -0.362 e. The Morgan fingerprint density at radius 1 is 0.800 bits per heavy atom. The Hall–Kier alpha value is -2.37. The topological polar surface area (TPSA) is 46.2 Å². The van der Waals surface area contributed by atoms with Crippen LogP contribution in [0.25, 0.3) is 0 Å². The molecule has 1 aliphatic heterocycles. The Kier molecular flexibility index (Phi) is 4.57. The molecule has 0 bridgehead atoms. The van der Waals surface area contributed by atoms with Gasteiger partial charge in [-0.25, -0.2) is 0 Å². The molecule has 0 radical (unpaired) electrons. The van der Waals surface area contributed by atoms with Gasteiger partial charge in [-0.15, -0.1) is 0 Å². The Labute approximate surface area is 174 Å². The first-order valence-electron chi connectivity index (χ1n) is 10.2. The largest absolute Gasteiger partial charge is 0.416 e. The molecule has 0 atom stereocenters. The predicted molar refractivity (Wildman–Crippen MR) is 107 cm³/mol. The van der Waals surface area contributed by atoms with Gasteiger partial charge in [-0.1, -0.05) is 39.8 Å². The van der Waals surface area contributed by atoms with Crippen LogP contribution in [0, 0.1) is 10.8 Å². The number of carbonyl (C=O) groups is 2. The van der Waals surface area contributed by atoms with Crippen LogP contribution in [0.1, 0.15) is 70.4 Å². The van der Waals surface area contributed by atoms with Gasteiger partial charge in [-0.2, -0.15) is 13.2 Å². The van der Waals surface area contributed by atoms with Crippen LogP contribution < -0.4 is 5.32 Å². The van der Waals surface area contributed by atoms with Crippen molar-refractivity contribution in [1.29, 1.82) is 0 Å². The second-order valence-electron chi connectivity index (χ2n) is 10.3. The summed E-state index contributed by atoms with van der Waals surface area (Å²) in [5.41, 5.74) is 2.11. The predicted octanol–water partition coefficient (Wildman–Crippen LogP) is 5.68. The van der Waals surface area contributed by atoms with Crippen LogP contribution in [0.5, 0.6) is 0 Å². The first-order chi connectivity index (χ1) is 13.8. The molecule has 0 fully saturated rings. The van der Waals surface area contributed by atoms with Crippen LogP contribution in [0.4, 0.5) is 13.2 Å². The van der Waals surface area contributed by atoms with Crippen LogP contribution in [0.15, 0.2) is 46.8 Å². The number of dihydropyridines is 1. The molecule has 0 aromatic heterocycles. The zero-order valence-corrected chi connectivity index (χ0v) is 17.7. The molecule has 1 N–H and O–H groups in total. The van der Waals surface area contributed by atoms with Crippen molar-refractivity contribution in [2.24, 2.45) is 10.8 Å². The van der Waals surface area contributed by atoms with Gasteiger partial charge in [-0.3, -0.25) is 9.59 Å². The molecule has 3 aliphatic rings. The number of halogens is 3. The van der Waals surface area contributed by atoms with Gasteiger partial charge in [-0.05, 0) is 41.4 Å². The Morgan fingerprint density at radius 2 is 1.23 bits per heavy atom. The lowest BCUT2D eigenvalue weighted by Crippen LogP contribution is -2.42. The van der Waals surface area contributed by atoms with Gasteiger partial charge >= 0.3 is 6.18 Å². The zero-order valence-electron chi connectivity index (χ0n) is 17.7. The van der Waals surface area contributed by atoms with Crippen molar-refractivity contribution in [1.82, 2.24) is 5.32 Å². The highest BCUT2D eigenvalue weighted by Gasteiger charge is 2.46. The molecule has 4 rings (SSSR count). The third kappa shape index (κ3) is 3.61. The average molecular weight is 417 g/mol. The van der Waals surface area contributed by atoms with E-state index in [4.69, 9.17) is 0 Å². The summed E-state index contributed by atoms with van der Waals surface area (Å²) in [5, 5.41) is 3.40. The molecule has 0 saturated carbocycles. The SMILES string of the molecule is CC1(C)CC(=O)C2=C(C1)NC1=C(C(=O)CC(C)(C)C1)C2c1ccc(C(F)(F)F)cc1. The van der Waals surface area contributed by atoms with E-state index in [9.17, 15) is 22.8 Å². The number of hydrogen-bond acceptors (Lipinski definition) is 3. The molecule has 160 valence electrons. The van der Waals surface area contributed by atoms with Crippen LogP contribution in [-0.2, 0) is 15.8 Å². The summed E-state index contributed by atoms with van der Waals surface area (Å²) in [6.07, 6.45) is -2.40. The third-order valence-electron chi connectivity index (χ3n) is 6.29. The summed E-state index contributed by atoms with van der Waals surface area (Å²) < 4.78 is 39.2. The van der Waals surface area contributed by atoms with Crippen LogP contribution in [0.3, 0.4) is 0 Å². The Bertz CT molecular complexity index is 942. The van der Waals surface area contributed by atoms with E-state index >= 15 is 0 Å². The molecular weight excluding hydrogens is 391 g/mol. The van der Waals surface area contributed by atoms with Gasteiger partial charge < -0.3 is 5.32 Å². The smallest absolute Gasteiger partial charge is 0.362 e. The highest BCUT2D eigenvalue weighted by Crippen LogP contribution is 2.51. The van der Waals surface area contributed by atoms with Crippen LogP contribution in [0.2, 0.25) is 0 Å². The summed E-state index contributed by atoms with van der Waals surface area (Å²) in [6, 6.07) is 4.89. The lowest BCUT2D eigenvalue weighted by molar-refractivity contribution is -0.137. The standard InChI is InChI=1S/C24H26F3NO2/c1-22(2)9-15-20(17(29)11-22)19(13-5-7-14(8-6-13)24(25,26)27)21-16(28-15)10-23(3,4)12-18(21)30/h5-8,19,28H,9-12H2,1-4H3. The van der Waals surface area contributed by atoms with E-state index in [1.54, 1.807) is 0 Å². The fourth-order valence-corrected chi connectivity index (χ4v) is 5.09. The molecule has 6 heteroatoms. The molecule has 30 heavy (non-hydrogen) atoms. The molecular formula is C24H26F3NO2. The minimum atomic E-state index is -4.43. The van der Waals surface area contributed by atoms with Gasteiger partial charge in [0, 0.05) is 41.3 Å². The van der Waals surface area contributed by atoms with Crippen LogP contribution in [-0.4, -0.2) is 11.6 Å². The van der Waals surface area contributed by atoms with Gasteiger partial charge in [0.15, 0.2) is 11.6 Å². The maximum atomic E-state index is 13.2. The summed E-state index contributed by atoms with van der Waals surface area (Å²) in [4.78, 5) is 26.3. The molecule has 0 spiro atoms. The lowest BCUT2D eigenvalue weighted by Gasteiger charge is -2.44. The van der Waals surface area contributed by atoms with Crippen molar-refractivity contribution in [2.75, 3.05) is 0 Å². The Morgan fingerprint density at radius 3 is 1.63 bits per heavy atom. The zero-order chi connectivity index (χ0) is 22.1. The quantitative estimate of drug-likeness (QED) is 0.640.